The van der Waals surface area contributed by atoms with Gasteiger partial charge in [0.15, 0.2) is 0 Å². The van der Waals surface area contributed by atoms with E-state index in [1.807, 2.05) is 29.2 Å². The molecule has 0 bridgehead atoms. The van der Waals surface area contributed by atoms with Crippen LogP contribution < -0.4 is 0 Å². The quantitative estimate of drug-likeness (QED) is 0.927. The largest absolute Gasteiger partial charge is 0.481 e. The van der Waals surface area contributed by atoms with Crippen LogP contribution >= 0.6 is 0 Å². The fourth-order valence-electron chi connectivity index (χ4n) is 2.89. The van der Waals surface area contributed by atoms with Crippen LogP contribution in [-0.4, -0.2) is 35.0 Å². The summed E-state index contributed by atoms with van der Waals surface area (Å²) in [5.74, 6) is -0.480. The van der Waals surface area contributed by atoms with Crippen LogP contribution in [0.2, 0.25) is 0 Å². The Morgan fingerprint density at radius 1 is 1.19 bits per heavy atom. The summed E-state index contributed by atoms with van der Waals surface area (Å²) in [5, 5.41) is 8.88. The lowest BCUT2D eigenvalue weighted by Gasteiger charge is -2.20. The number of hydrogen-bond acceptors (Lipinski definition) is 2. The van der Waals surface area contributed by atoms with Crippen molar-refractivity contribution in [3.63, 3.8) is 0 Å². The van der Waals surface area contributed by atoms with Gasteiger partial charge in [-0.25, -0.2) is 0 Å². The highest BCUT2D eigenvalue weighted by Crippen LogP contribution is 2.22. The molecule has 21 heavy (non-hydrogen) atoms. The maximum atomic E-state index is 12.5. The summed E-state index contributed by atoms with van der Waals surface area (Å²) in [4.78, 5) is 25.2. The minimum Gasteiger partial charge on any atom is -0.481 e. The molecule has 1 atom stereocenters. The monoisotopic (exact) mass is 289 g/mol. The highest BCUT2D eigenvalue weighted by molar-refractivity contribution is 5.94. The van der Waals surface area contributed by atoms with E-state index in [1.165, 1.54) is 5.56 Å². The summed E-state index contributed by atoms with van der Waals surface area (Å²) in [7, 11) is 0. The van der Waals surface area contributed by atoms with Gasteiger partial charge in [-0.05, 0) is 49.3 Å². The zero-order valence-corrected chi connectivity index (χ0v) is 12.5. The third kappa shape index (κ3) is 4.31. The summed E-state index contributed by atoms with van der Waals surface area (Å²) in [6.45, 7) is 3.48. The molecule has 1 saturated heterocycles. The third-order valence-electron chi connectivity index (χ3n) is 4.21. The van der Waals surface area contributed by atoms with Crippen molar-refractivity contribution in [3.8, 4) is 0 Å². The Bertz CT molecular complexity index is 495. The van der Waals surface area contributed by atoms with Gasteiger partial charge in [-0.15, -0.1) is 0 Å². The van der Waals surface area contributed by atoms with Crippen LogP contribution in [0.25, 0.3) is 0 Å². The third-order valence-corrected chi connectivity index (χ3v) is 4.21. The molecular weight excluding hydrogens is 266 g/mol. The summed E-state index contributed by atoms with van der Waals surface area (Å²) in [5.41, 5.74) is 1.95. The van der Waals surface area contributed by atoms with E-state index >= 15 is 0 Å². The van der Waals surface area contributed by atoms with Crippen molar-refractivity contribution in [2.75, 3.05) is 13.1 Å². The van der Waals surface area contributed by atoms with E-state index in [0.717, 1.165) is 37.8 Å². The molecule has 0 aromatic heterocycles. The van der Waals surface area contributed by atoms with Gasteiger partial charge in [-0.2, -0.15) is 0 Å². The first-order valence-corrected chi connectivity index (χ1v) is 7.70. The molecular formula is C17H23NO3. The number of carbonyl (C=O) groups is 2. The number of benzene rings is 1. The van der Waals surface area contributed by atoms with E-state index < -0.39 is 5.97 Å². The van der Waals surface area contributed by atoms with Crippen LogP contribution in [0.4, 0.5) is 0 Å². The van der Waals surface area contributed by atoms with Crippen molar-refractivity contribution in [2.45, 2.75) is 39.0 Å². The van der Waals surface area contributed by atoms with Crippen molar-refractivity contribution in [1.82, 2.24) is 4.90 Å². The molecule has 114 valence electrons. The van der Waals surface area contributed by atoms with Gasteiger partial charge >= 0.3 is 5.97 Å². The smallest absolute Gasteiger partial charge is 0.303 e. The Morgan fingerprint density at radius 2 is 1.90 bits per heavy atom. The number of amides is 1. The second-order valence-electron chi connectivity index (χ2n) is 5.74. The van der Waals surface area contributed by atoms with Gasteiger partial charge in [0, 0.05) is 25.1 Å². The molecule has 1 aromatic carbocycles. The summed E-state index contributed by atoms with van der Waals surface area (Å²) >= 11 is 0. The lowest BCUT2D eigenvalue weighted by molar-refractivity contribution is -0.138. The molecule has 2 rings (SSSR count). The topological polar surface area (TPSA) is 57.6 Å². The maximum Gasteiger partial charge on any atom is 0.303 e. The molecule has 1 aliphatic heterocycles. The fourth-order valence-corrected chi connectivity index (χ4v) is 2.89. The lowest BCUT2D eigenvalue weighted by atomic mass is 9.97. The standard InChI is InChI=1S/C17H23NO3/c1-2-13-5-7-15(8-6-13)17(21)18-10-3-4-14(9-11-18)12-16(19)20/h5-8,14H,2-4,9-12H2,1H3,(H,19,20)/t14-/m1/s1. The molecule has 1 fully saturated rings. The molecule has 0 saturated carbocycles. The Kier molecular flexibility index (Phi) is 5.37. The number of carbonyl (C=O) groups excluding carboxylic acids is 1. The second-order valence-corrected chi connectivity index (χ2v) is 5.74. The Labute approximate surface area is 125 Å². The van der Waals surface area contributed by atoms with Crippen LogP contribution in [-0.2, 0) is 11.2 Å². The van der Waals surface area contributed by atoms with Crippen molar-refractivity contribution in [3.05, 3.63) is 35.4 Å². The normalized spacial score (nSPS) is 19.1. The van der Waals surface area contributed by atoms with Gasteiger partial charge in [0.2, 0.25) is 0 Å². The van der Waals surface area contributed by atoms with Gasteiger partial charge in [-0.3, -0.25) is 9.59 Å². The van der Waals surface area contributed by atoms with E-state index in [0.29, 0.717) is 6.54 Å². The SMILES string of the molecule is CCc1ccc(C(=O)N2CCC[C@@H](CC(=O)O)CC2)cc1. The molecule has 1 amide bonds. The first-order valence-electron chi connectivity index (χ1n) is 7.70. The number of aliphatic carboxylic acids is 1. The van der Waals surface area contributed by atoms with Crippen LogP contribution in [0.3, 0.4) is 0 Å². The summed E-state index contributed by atoms with van der Waals surface area (Å²) in [6, 6.07) is 7.78. The number of carboxylic acid groups (broad SMARTS) is 1. The second kappa shape index (κ2) is 7.25. The highest BCUT2D eigenvalue weighted by Gasteiger charge is 2.22. The molecule has 0 unspecified atom stereocenters. The van der Waals surface area contributed by atoms with Gasteiger partial charge in [0.05, 0.1) is 0 Å². The molecule has 1 aromatic rings. The molecule has 4 nitrogen and oxygen atoms in total. The molecule has 4 heteroatoms. The summed E-state index contributed by atoms with van der Waals surface area (Å²) in [6.07, 6.45) is 3.74. The maximum absolute atomic E-state index is 12.5. The first kappa shape index (κ1) is 15.5. The van der Waals surface area contributed by atoms with Gasteiger partial charge in [0.1, 0.15) is 0 Å². The minimum absolute atomic E-state index is 0.0635. The Morgan fingerprint density at radius 3 is 2.52 bits per heavy atom. The fraction of sp³-hybridized carbons (Fsp3) is 0.529. The van der Waals surface area contributed by atoms with Crippen LogP contribution in [0, 0.1) is 5.92 Å². The highest BCUT2D eigenvalue weighted by atomic mass is 16.4. The Hall–Kier alpha value is -1.84. The van der Waals surface area contributed by atoms with E-state index in [4.69, 9.17) is 5.11 Å². The number of likely N-dealkylation sites (tertiary alicyclic amines) is 1. The van der Waals surface area contributed by atoms with Crippen LogP contribution in [0.15, 0.2) is 24.3 Å². The van der Waals surface area contributed by atoms with Crippen molar-refractivity contribution in [2.24, 2.45) is 5.92 Å². The van der Waals surface area contributed by atoms with Gasteiger partial charge in [-0.1, -0.05) is 19.1 Å². The predicted molar refractivity (Wildman–Crippen MR) is 81.3 cm³/mol. The average molecular weight is 289 g/mol. The minimum atomic E-state index is -0.741. The van der Waals surface area contributed by atoms with Crippen molar-refractivity contribution >= 4 is 11.9 Å². The van der Waals surface area contributed by atoms with E-state index in [2.05, 4.69) is 6.92 Å². The van der Waals surface area contributed by atoms with Gasteiger partial charge in [0.25, 0.3) is 5.91 Å². The van der Waals surface area contributed by atoms with Crippen molar-refractivity contribution in [1.29, 1.82) is 0 Å². The number of rotatable bonds is 4. The summed E-state index contributed by atoms with van der Waals surface area (Å²) < 4.78 is 0. The Balaban J connectivity index is 1.97. The lowest BCUT2D eigenvalue weighted by Crippen LogP contribution is -2.32. The van der Waals surface area contributed by atoms with Crippen molar-refractivity contribution < 1.29 is 14.7 Å². The molecule has 1 heterocycles. The van der Waals surface area contributed by atoms with E-state index in [-0.39, 0.29) is 18.2 Å². The average Bonchev–Trinajstić information content (AvgIpc) is 2.71. The first-order chi connectivity index (χ1) is 10.1. The zero-order valence-electron chi connectivity index (χ0n) is 12.5. The molecule has 0 spiro atoms. The van der Waals surface area contributed by atoms with E-state index in [1.54, 1.807) is 0 Å². The number of nitrogens with zero attached hydrogens (tertiary/aromatic N) is 1. The van der Waals surface area contributed by atoms with Crippen LogP contribution in [0.5, 0.6) is 0 Å². The number of aryl methyl sites for hydroxylation is 1. The number of carboxylic acids is 1. The molecule has 0 aliphatic carbocycles. The molecule has 1 N–H and O–H groups in total. The predicted octanol–water partition coefficient (Wildman–Crippen LogP) is 2.97. The number of hydrogen-bond donors (Lipinski definition) is 1. The molecule has 1 aliphatic rings. The molecule has 0 radical (unpaired) electrons. The van der Waals surface area contributed by atoms with Gasteiger partial charge < -0.3 is 10.0 Å². The van der Waals surface area contributed by atoms with Crippen LogP contribution in [0.1, 0.15) is 48.5 Å². The van der Waals surface area contributed by atoms with E-state index in [9.17, 15) is 9.59 Å². The zero-order chi connectivity index (χ0) is 15.2.